The highest BCUT2D eigenvalue weighted by atomic mass is 16.3. The zero-order chi connectivity index (χ0) is 11.5. The Hall–Kier alpha value is -0.610. The van der Waals surface area contributed by atoms with Gasteiger partial charge in [-0.1, -0.05) is 6.92 Å². The van der Waals surface area contributed by atoms with Gasteiger partial charge in [0.2, 0.25) is 5.91 Å². The minimum atomic E-state index is -0.521. The zero-order valence-electron chi connectivity index (χ0n) is 9.92. The first-order chi connectivity index (χ1) is 7.03. The van der Waals surface area contributed by atoms with Crippen molar-refractivity contribution in [2.24, 2.45) is 0 Å². The Morgan fingerprint density at radius 3 is 2.80 bits per heavy atom. The molecule has 15 heavy (non-hydrogen) atoms. The van der Waals surface area contributed by atoms with E-state index >= 15 is 0 Å². The molecule has 4 heteroatoms. The van der Waals surface area contributed by atoms with Crippen molar-refractivity contribution in [3.05, 3.63) is 0 Å². The number of hydrogen-bond acceptors (Lipinski definition) is 3. The molecule has 0 aromatic rings. The Morgan fingerprint density at radius 1 is 1.60 bits per heavy atom. The van der Waals surface area contributed by atoms with Crippen LogP contribution in [0.15, 0.2) is 0 Å². The van der Waals surface area contributed by atoms with Gasteiger partial charge in [-0.05, 0) is 33.2 Å². The summed E-state index contributed by atoms with van der Waals surface area (Å²) in [5.74, 6) is 0.0981. The van der Waals surface area contributed by atoms with Crippen molar-refractivity contribution in [1.29, 1.82) is 0 Å². The Morgan fingerprint density at radius 2 is 2.27 bits per heavy atom. The predicted octanol–water partition coefficient (Wildman–Crippen LogP) is 0.358. The number of hydrogen-bond donors (Lipinski definition) is 2. The molecule has 0 saturated carbocycles. The Kier molecular flexibility index (Phi) is 4.11. The lowest BCUT2D eigenvalue weighted by molar-refractivity contribution is -0.138. The zero-order valence-corrected chi connectivity index (χ0v) is 9.92. The summed E-state index contributed by atoms with van der Waals surface area (Å²) in [5, 5.41) is 12.3. The van der Waals surface area contributed by atoms with E-state index in [1.54, 1.807) is 0 Å². The molecule has 1 amide bonds. The van der Waals surface area contributed by atoms with Crippen molar-refractivity contribution < 1.29 is 9.90 Å². The van der Waals surface area contributed by atoms with Crippen LogP contribution in [-0.2, 0) is 4.79 Å². The summed E-state index contributed by atoms with van der Waals surface area (Å²) in [5.41, 5.74) is -0.521. The molecule has 1 aliphatic heterocycles. The van der Waals surface area contributed by atoms with E-state index in [9.17, 15) is 4.79 Å². The van der Waals surface area contributed by atoms with Crippen LogP contribution in [0.25, 0.3) is 0 Å². The normalized spacial score (nSPS) is 22.1. The fraction of sp³-hybridized carbons (Fsp3) is 0.909. The van der Waals surface area contributed by atoms with Gasteiger partial charge in [-0.3, -0.25) is 4.79 Å². The number of rotatable bonds is 4. The number of aliphatic hydroxyl groups is 1. The van der Waals surface area contributed by atoms with Gasteiger partial charge < -0.3 is 15.3 Å². The number of carbonyl (C=O) groups excluding carboxylic acids is 1. The molecule has 1 aliphatic rings. The van der Waals surface area contributed by atoms with Crippen LogP contribution in [0, 0.1) is 0 Å². The van der Waals surface area contributed by atoms with Crippen molar-refractivity contribution in [2.75, 3.05) is 19.7 Å². The third-order valence-electron chi connectivity index (χ3n) is 3.00. The summed E-state index contributed by atoms with van der Waals surface area (Å²) < 4.78 is 0. The highest BCUT2D eigenvalue weighted by molar-refractivity contribution is 5.86. The van der Waals surface area contributed by atoms with Crippen LogP contribution in [0.5, 0.6) is 0 Å². The van der Waals surface area contributed by atoms with Gasteiger partial charge in [0.25, 0.3) is 0 Å². The minimum absolute atomic E-state index is 0.0235. The summed E-state index contributed by atoms with van der Waals surface area (Å²) in [6, 6.07) is 0.0235. The number of likely N-dealkylation sites (N-methyl/N-ethyl adjacent to an activating group) is 1. The molecule has 88 valence electrons. The highest BCUT2D eigenvalue weighted by Gasteiger charge is 2.36. The monoisotopic (exact) mass is 214 g/mol. The topological polar surface area (TPSA) is 52.6 Å². The van der Waals surface area contributed by atoms with Crippen molar-refractivity contribution >= 4 is 5.91 Å². The van der Waals surface area contributed by atoms with Gasteiger partial charge >= 0.3 is 0 Å². The van der Waals surface area contributed by atoms with E-state index in [4.69, 9.17) is 5.11 Å². The first kappa shape index (κ1) is 12.5. The molecule has 0 bridgehead atoms. The molecule has 4 nitrogen and oxygen atoms in total. The van der Waals surface area contributed by atoms with E-state index in [0.29, 0.717) is 0 Å². The lowest BCUT2D eigenvalue weighted by Gasteiger charge is -2.33. The van der Waals surface area contributed by atoms with E-state index in [1.807, 2.05) is 25.7 Å². The van der Waals surface area contributed by atoms with Crippen molar-refractivity contribution in [3.8, 4) is 0 Å². The molecule has 0 aromatic heterocycles. The second kappa shape index (κ2) is 4.94. The summed E-state index contributed by atoms with van der Waals surface area (Å²) in [4.78, 5) is 14.0. The van der Waals surface area contributed by atoms with Crippen molar-refractivity contribution in [3.63, 3.8) is 0 Å². The largest absolute Gasteiger partial charge is 0.394 e. The van der Waals surface area contributed by atoms with E-state index in [0.717, 1.165) is 25.9 Å². The number of aliphatic hydroxyl groups excluding tert-OH is 1. The summed E-state index contributed by atoms with van der Waals surface area (Å²) >= 11 is 0. The van der Waals surface area contributed by atoms with Crippen LogP contribution in [0.2, 0.25) is 0 Å². The first-order valence-corrected chi connectivity index (χ1v) is 5.70. The van der Waals surface area contributed by atoms with Crippen LogP contribution in [0.3, 0.4) is 0 Å². The lowest BCUT2D eigenvalue weighted by atomic mass is 10.0. The molecule has 2 N–H and O–H groups in total. The molecule has 1 rings (SSSR count). The van der Waals surface area contributed by atoms with Crippen LogP contribution < -0.4 is 5.32 Å². The SMILES string of the molecule is CCNC(C)(C)C(=O)N1CCCC1CO. The molecule has 0 aliphatic carbocycles. The van der Waals surface area contributed by atoms with Crippen LogP contribution in [0.1, 0.15) is 33.6 Å². The first-order valence-electron chi connectivity index (χ1n) is 5.70. The highest BCUT2D eigenvalue weighted by Crippen LogP contribution is 2.20. The summed E-state index contributed by atoms with van der Waals surface area (Å²) in [7, 11) is 0. The smallest absolute Gasteiger partial charge is 0.242 e. The Balaban J connectivity index is 2.66. The standard InChI is InChI=1S/C11H22N2O2/c1-4-12-11(2,3)10(15)13-7-5-6-9(13)8-14/h9,12,14H,4-8H2,1-3H3. The number of nitrogens with one attached hydrogen (secondary N) is 1. The molecule has 1 saturated heterocycles. The lowest BCUT2D eigenvalue weighted by Crippen LogP contribution is -2.55. The van der Waals surface area contributed by atoms with Crippen LogP contribution in [-0.4, -0.2) is 47.2 Å². The molecule has 1 fully saturated rings. The van der Waals surface area contributed by atoms with Crippen LogP contribution >= 0.6 is 0 Å². The predicted molar refractivity (Wildman–Crippen MR) is 59.6 cm³/mol. The molecule has 1 unspecified atom stereocenters. The average Bonchev–Trinajstić information content (AvgIpc) is 2.63. The van der Waals surface area contributed by atoms with E-state index in [2.05, 4.69) is 5.32 Å². The third kappa shape index (κ3) is 2.69. The molecular formula is C11H22N2O2. The van der Waals surface area contributed by atoms with E-state index in [1.165, 1.54) is 0 Å². The van der Waals surface area contributed by atoms with Crippen molar-refractivity contribution in [1.82, 2.24) is 10.2 Å². The number of likely N-dealkylation sites (tertiary alicyclic amines) is 1. The molecule has 1 atom stereocenters. The quantitative estimate of drug-likeness (QED) is 0.710. The molecule has 1 heterocycles. The maximum atomic E-state index is 12.2. The second-order valence-corrected chi connectivity index (χ2v) is 4.63. The number of carbonyl (C=O) groups is 1. The number of nitrogens with zero attached hydrogens (tertiary/aromatic N) is 1. The van der Waals surface area contributed by atoms with Gasteiger partial charge in [-0.2, -0.15) is 0 Å². The Labute approximate surface area is 91.6 Å². The van der Waals surface area contributed by atoms with Gasteiger partial charge in [0.15, 0.2) is 0 Å². The second-order valence-electron chi connectivity index (χ2n) is 4.63. The fourth-order valence-electron chi connectivity index (χ4n) is 2.17. The molecule has 0 radical (unpaired) electrons. The van der Waals surface area contributed by atoms with Gasteiger partial charge in [-0.15, -0.1) is 0 Å². The van der Waals surface area contributed by atoms with E-state index in [-0.39, 0.29) is 18.6 Å². The van der Waals surface area contributed by atoms with Gasteiger partial charge in [-0.25, -0.2) is 0 Å². The summed E-state index contributed by atoms with van der Waals surface area (Å²) in [6.45, 7) is 7.41. The van der Waals surface area contributed by atoms with Gasteiger partial charge in [0.1, 0.15) is 0 Å². The minimum Gasteiger partial charge on any atom is -0.394 e. The summed E-state index contributed by atoms with van der Waals surface area (Å²) in [6.07, 6.45) is 1.92. The van der Waals surface area contributed by atoms with E-state index < -0.39 is 5.54 Å². The molecule has 0 aromatic carbocycles. The van der Waals surface area contributed by atoms with Crippen molar-refractivity contribution in [2.45, 2.75) is 45.2 Å². The number of amides is 1. The van der Waals surface area contributed by atoms with Crippen LogP contribution in [0.4, 0.5) is 0 Å². The maximum Gasteiger partial charge on any atom is 0.242 e. The van der Waals surface area contributed by atoms with Gasteiger partial charge in [0.05, 0.1) is 18.2 Å². The molecular weight excluding hydrogens is 192 g/mol. The fourth-order valence-corrected chi connectivity index (χ4v) is 2.17. The third-order valence-corrected chi connectivity index (χ3v) is 3.00. The average molecular weight is 214 g/mol. The Bertz CT molecular complexity index is 229. The maximum absolute atomic E-state index is 12.2. The van der Waals surface area contributed by atoms with Gasteiger partial charge in [0, 0.05) is 6.54 Å². The molecule has 0 spiro atoms.